The van der Waals surface area contributed by atoms with Crippen molar-refractivity contribution < 1.29 is 67.1 Å². The molecule has 9 atom stereocenters. The van der Waals surface area contributed by atoms with Gasteiger partial charge in [-0.1, -0.05) is 20.8 Å². The molecule has 0 unspecified atom stereocenters. The summed E-state index contributed by atoms with van der Waals surface area (Å²) in [6.45, 7) is 10.4. The van der Waals surface area contributed by atoms with Gasteiger partial charge in [0.15, 0.2) is 11.7 Å². The summed E-state index contributed by atoms with van der Waals surface area (Å²) in [5.41, 5.74) is -4.09. The fourth-order valence-corrected chi connectivity index (χ4v) is 6.81. The molecule has 3 aliphatic rings. The van der Waals surface area contributed by atoms with Crippen molar-refractivity contribution in [2.75, 3.05) is 6.61 Å². The number of rotatable bonds is 8. The normalized spacial score (nSPS) is 35.3. The van der Waals surface area contributed by atoms with Gasteiger partial charge in [-0.15, -0.1) is 0 Å². The van der Waals surface area contributed by atoms with Crippen molar-refractivity contribution >= 4 is 41.6 Å². The summed E-state index contributed by atoms with van der Waals surface area (Å²) in [6.07, 6.45) is -6.43. The van der Waals surface area contributed by atoms with Gasteiger partial charge in [-0.2, -0.15) is 0 Å². The number of carbonyl (C=O) groups is 7. The van der Waals surface area contributed by atoms with Crippen LogP contribution in [0.5, 0.6) is 0 Å². The number of ether oxygens (including phenoxy) is 6. The number of carbonyl (C=O) groups excluding carboxylic acids is 7. The number of Topliss-reactive ketones (excluding diaryl/α,β-unsaturated/α-hetero) is 1. The first-order chi connectivity index (χ1) is 21.3. The van der Waals surface area contributed by atoms with Gasteiger partial charge in [0.25, 0.3) is 0 Å². The summed E-state index contributed by atoms with van der Waals surface area (Å²) >= 11 is 0. The molecule has 0 bridgehead atoms. The Hall–Kier alpha value is -3.81. The Kier molecular flexibility index (Phi) is 11.4. The van der Waals surface area contributed by atoms with Crippen LogP contribution in [0.15, 0.2) is 11.6 Å². The van der Waals surface area contributed by atoms with Gasteiger partial charge in [-0.05, 0) is 25.3 Å². The SMILES string of the molecule is CC(=O)O[C@H]1CCC(=O)[C@@H]2[C@H](OC(C)=O)[C@@]3(O)[C@H](/C=C(/COC(=O)CC(C)C)[C@H](OC(C)=O)C[C@H](OC(C)=O)[C@@]12C)OC(=O)[C@@H]3C. The van der Waals surface area contributed by atoms with Crippen molar-refractivity contribution in [2.45, 2.75) is 117 Å². The molecular weight excluding hydrogens is 608 g/mol. The molecule has 1 saturated heterocycles. The second-order valence-electron chi connectivity index (χ2n) is 12.9. The Labute approximate surface area is 267 Å². The molecule has 0 radical (unpaired) electrons. The van der Waals surface area contributed by atoms with Crippen molar-refractivity contribution in [1.82, 2.24) is 0 Å². The molecular formula is C32H44O14. The van der Waals surface area contributed by atoms with Crippen LogP contribution in [0.25, 0.3) is 0 Å². The Morgan fingerprint density at radius 1 is 0.935 bits per heavy atom. The highest BCUT2D eigenvalue weighted by molar-refractivity contribution is 5.86. The Bertz CT molecular complexity index is 1290. The Balaban J connectivity index is 2.41. The quantitative estimate of drug-likeness (QED) is 0.227. The third-order valence-electron chi connectivity index (χ3n) is 8.96. The zero-order valence-electron chi connectivity index (χ0n) is 27.5. The van der Waals surface area contributed by atoms with Crippen LogP contribution >= 0.6 is 0 Å². The lowest BCUT2D eigenvalue weighted by Gasteiger charge is -2.54. The smallest absolute Gasteiger partial charge is 0.312 e. The van der Waals surface area contributed by atoms with Crippen LogP contribution in [0.4, 0.5) is 0 Å². The van der Waals surface area contributed by atoms with Crippen molar-refractivity contribution in [3.8, 4) is 0 Å². The van der Waals surface area contributed by atoms with E-state index in [1.54, 1.807) is 0 Å². The van der Waals surface area contributed by atoms with Crippen LogP contribution in [-0.4, -0.2) is 89.4 Å². The molecule has 0 amide bonds. The standard InChI is InChI=1S/C32H44O14/c1-15(2)11-27(38)41-14-21-12-26-32(40,16(3)30(39)46-26)29(45-20(7)36)28-22(37)9-10-24(43-18(5)34)31(28,8)25(44-19(6)35)13-23(21)42-17(4)33/h12,15-16,23-26,28-29,40H,9-11,13-14H2,1-8H3/b21-12-/t16-,23+,24-,25-,26-,28+,29-,31+,32-/m0/s1. The molecule has 1 heterocycles. The molecule has 0 aromatic rings. The molecule has 1 N–H and O–H groups in total. The molecule has 14 heteroatoms. The average Bonchev–Trinajstić information content (AvgIpc) is 3.13. The van der Waals surface area contributed by atoms with E-state index in [9.17, 15) is 38.7 Å². The van der Waals surface area contributed by atoms with E-state index in [1.807, 2.05) is 13.8 Å². The lowest BCUT2D eigenvalue weighted by Crippen LogP contribution is -2.67. The molecule has 0 spiro atoms. The summed E-state index contributed by atoms with van der Waals surface area (Å²) in [4.78, 5) is 89.7. The molecule has 0 aromatic heterocycles. The second-order valence-corrected chi connectivity index (χ2v) is 12.9. The summed E-state index contributed by atoms with van der Waals surface area (Å²) in [5, 5.41) is 12.5. The van der Waals surface area contributed by atoms with Crippen molar-refractivity contribution in [1.29, 1.82) is 0 Å². The van der Waals surface area contributed by atoms with E-state index in [2.05, 4.69) is 0 Å². The molecule has 2 fully saturated rings. The van der Waals surface area contributed by atoms with Crippen LogP contribution in [0.2, 0.25) is 0 Å². The third kappa shape index (κ3) is 7.59. The van der Waals surface area contributed by atoms with Crippen molar-refractivity contribution in [2.24, 2.45) is 23.2 Å². The fourth-order valence-electron chi connectivity index (χ4n) is 6.81. The third-order valence-corrected chi connectivity index (χ3v) is 8.96. The van der Waals surface area contributed by atoms with E-state index >= 15 is 0 Å². The number of fused-ring (bicyclic) bond motifs is 2. The zero-order chi connectivity index (χ0) is 34.7. The van der Waals surface area contributed by atoms with Gasteiger partial charge >= 0.3 is 35.8 Å². The largest absolute Gasteiger partial charge is 0.462 e. The van der Waals surface area contributed by atoms with Gasteiger partial charge in [-0.3, -0.25) is 33.6 Å². The lowest BCUT2D eigenvalue weighted by molar-refractivity contribution is -0.227. The number of hydrogen-bond donors (Lipinski definition) is 1. The topological polar surface area (TPSA) is 195 Å². The van der Waals surface area contributed by atoms with Gasteiger partial charge in [-0.25, -0.2) is 0 Å². The zero-order valence-corrected chi connectivity index (χ0v) is 27.5. The molecule has 46 heavy (non-hydrogen) atoms. The highest BCUT2D eigenvalue weighted by Crippen LogP contribution is 2.54. The van der Waals surface area contributed by atoms with Gasteiger partial charge in [0.1, 0.15) is 36.8 Å². The first kappa shape index (κ1) is 36.7. The van der Waals surface area contributed by atoms with Crippen LogP contribution in [0.1, 0.15) is 81.1 Å². The summed E-state index contributed by atoms with van der Waals surface area (Å²) in [6, 6.07) is 0. The highest BCUT2D eigenvalue weighted by atomic mass is 16.6. The predicted octanol–water partition coefficient (Wildman–Crippen LogP) is 1.91. The molecule has 2 aliphatic carbocycles. The number of esters is 6. The highest BCUT2D eigenvalue weighted by Gasteiger charge is 2.69. The van der Waals surface area contributed by atoms with E-state index in [4.69, 9.17) is 28.4 Å². The summed E-state index contributed by atoms with van der Waals surface area (Å²) in [7, 11) is 0. The van der Waals surface area contributed by atoms with Crippen molar-refractivity contribution in [3.05, 3.63) is 11.6 Å². The van der Waals surface area contributed by atoms with E-state index in [-0.39, 0.29) is 37.2 Å². The lowest BCUT2D eigenvalue weighted by atomic mass is 9.55. The van der Waals surface area contributed by atoms with Gasteiger partial charge in [0, 0.05) is 52.5 Å². The van der Waals surface area contributed by atoms with Crippen LogP contribution in [-0.2, 0) is 62.0 Å². The summed E-state index contributed by atoms with van der Waals surface area (Å²) in [5.74, 6) is -8.14. The van der Waals surface area contributed by atoms with Gasteiger partial charge in [0.05, 0.1) is 17.3 Å². The average molecular weight is 653 g/mol. The number of hydrogen-bond acceptors (Lipinski definition) is 14. The first-order valence-electron chi connectivity index (χ1n) is 15.3. The molecule has 1 saturated carbocycles. The van der Waals surface area contributed by atoms with Gasteiger partial charge < -0.3 is 33.5 Å². The maximum Gasteiger partial charge on any atom is 0.312 e. The van der Waals surface area contributed by atoms with Crippen LogP contribution < -0.4 is 0 Å². The van der Waals surface area contributed by atoms with Crippen LogP contribution in [0.3, 0.4) is 0 Å². The molecule has 3 rings (SSSR count). The Morgan fingerprint density at radius 2 is 1.50 bits per heavy atom. The van der Waals surface area contributed by atoms with E-state index in [1.165, 1.54) is 19.9 Å². The minimum atomic E-state index is -2.42. The Morgan fingerprint density at radius 3 is 2.04 bits per heavy atom. The van der Waals surface area contributed by atoms with E-state index in [0.29, 0.717) is 0 Å². The molecule has 0 aromatic carbocycles. The minimum Gasteiger partial charge on any atom is -0.462 e. The number of ketones is 1. The predicted molar refractivity (Wildman–Crippen MR) is 155 cm³/mol. The molecule has 1 aliphatic heterocycles. The number of aliphatic hydroxyl groups is 1. The van der Waals surface area contributed by atoms with E-state index < -0.39 is 102 Å². The molecule has 14 nitrogen and oxygen atoms in total. The fraction of sp³-hybridized carbons (Fsp3) is 0.719. The maximum absolute atomic E-state index is 14.0. The maximum atomic E-state index is 14.0. The first-order valence-corrected chi connectivity index (χ1v) is 15.3. The van der Waals surface area contributed by atoms with Gasteiger partial charge in [0.2, 0.25) is 0 Å². The summed E-state index contributed by atoms with van der Waals surface area (Å²) < 4.78 is 34.0. The molecule has 256 valence electrons. The minimum absolute atomic E-state index is 0.0173. The van der Waals surface area contributed by atoms with Crippen molar-refractivity contribution in [3.63, 3.8) is 0 Å². The second kappa shape index (κ2) is 14.3. The monoisotopic (exact) mass is 652 g/mol. The van der Waals surface area contributed by atoms with Crippen LogP contribution in [0, 0.1) is 23.2 Å². The van der Waals surface area contributed by atoms with E-state index in [0.717, 1.165) is 27.7 Å².